The second kappa shape index (κ2) is 9.55. The van der Waals surface area contributed by atoms with Gasteiger partial charge in [0.05, 0.1) is 0 Å². The van der Waals surface area contributed by atoms with Gasteiger partial charge in [-0.15, -0.1) is 0 Å². The van der Waals surface area contributed by atoms with Crippen molar-refractivity contribution in [3.63, 3.8) is 0 Å². The van der Waals surface area contributed by atoms with E-state index in [0.717, 1.165) is 0 Å². The van der Waals surface area contributed by atoms with E-state index in [4.69, 9.17) is 9.46 Å². The van der Waals surface area contributed by atoms with Gasteiger partial charge in [-0.2, -0.15) is 0 Å². The minimum Gasteiger partial charge on any atom is -0.310 e. The van der Waals surface area contributed by atoms with Crippen LogP contribution in [-0.4, -0.2) is 4.89 Å². The normalized spacial score (nSPS) is 5.25. The van der Waals surface area contributed by atoms with Crippen LogP contribution in [0.15, 0.2) is 0 Å². The van der Waals surface area contributed by atoms with Crippen molar-refractivity contribution in [2.75, 3.05) is 0 Å². The van der Waals surface area contributed by atoms with Crippen LogP contribution in [0.2, 0.25) is 0 Å². The van der Waals surface area contributed by atoms with E-state index in [1.54, 1.807) is 0 Å². The van der Waals surface area contributed by atoms with Gasteiger partial charge in [0.15, 0.2) is 0 Å². The van der Waals surface area contributed by atoms with Gasteiger partial charge in [-0.25, -0.2) is 4.57 Å². The van der Waals surface area contributed by atoms with Crippen LogP contribution in [0, 0.1) is 0 Å². The molecule has 2 nitrogen and oxygen atoms in total. The van der Waals surface area contributed by atoms with Crippen LogP contribution in [0.5, 0.6) is 0 Å². The monoisotopic (exact) mass is 120 g/mol. The zero-order valence-corrected chi connectivity index (χ0v) is 3.65. The third-order valence-electron chi connectivity index (χ3n) is 0. The summed E-state index contributed by atoms with van der Waals surface area (Å²) in [5, 5.41) is 0. The Morgan fingerprint density at radius 1 is 1.75 bits per heavy atom. The van der Waals surface area contributed by atoms with Crippen LogP contribution in [0.25, 0.3) is 0 Å². The predicted octanol–water partition coefficient (Wildman–Crippen LogP) is 0.183. The fourth-order valence-corrected chi connectivity index (χ4v) is 0. The molecule has 0 unspecified atom stereocenters. The van der Waals surface area contributed by atoms with E-state index < -0.39 is 8.69 Å². The van der Waals surface area contributed by atoms with Crippen molar-refractivity contribution in [3.05, 3.63) is 0 Å². The molecule has 1 N–H and O–H groups in total. The first-order chi connectivity index (χ1) is 1.41. The van der Waals surface area contributed by atoms with E-state index in [1.165, 1.54) is 0 Å². The quantitative estimate of drug-likeness (QED) is 0.365. The molecule has 24 valence electrons. The third-order valence-corrected chi connectivity index (χ3v) is 0. The largest absolute Gasteiger partial charge is 2.00 e. The van der Waals surface area contributed by atoms with Crippen molar-refractivity contribution in [1.29, 1.82) is 0 Å². The molecule has 0 aromatic carbocycles. The van der Waals surface area contributed by atoms with Gasteiger partial charge in [0.25, 0.3) is 0 Å². The van der Waals surface area contributed by atoms with Gasteiger partial charge in [0, 0.05) is 0 Å². The molecule has 4 heavy (non-hydrogen) atoms. The van der Waals surface area contributed by atoms with Gasteiger partial charge in [0.2, 0.25) is 0 Å². The molecule has 0 aliphatic carbocycles. The molecule has 0 heterocycles. The Morgan fingerprint density at radius 2 is 1.75 bits per heavy atom. The van der Waals surface area contributed by atoms with Crippen LogP contribution in [0.1, 0.15) is 0 Å². The van der Waals surface area contributed by atoms with Gasteiger partial charge in [0.1, 0.15) is 0 Å². The maximum Gasteiger partial charge on any atom is 2.00 e. The van der Waals surface area contributed by atoms with E-state index >= 15 is 0 Å². The fourth-order valence-electron chi connectivity index (χ4n) is 0. The molecule has 4 heteroatoms. The van der Waals surface area contributed by atoms with Crippen molar-refractivity contribution in [2.45, 2.75) is 0 Å². The SMILES string of the molecule is O=PO.[Fe+2]. The van der Waals surface area contributed by atoms with Crippen LogP contribution in [0.3, 0.4) is 0 Å². The van der Waals surface area contributed by atoms with Crippen LogP contribution >= 0.6 is 8.69 Å². The fraction of sp³-hybridized carbons (Fsp3) is 0. The van der Waals surface area contributed by atoms with Crippen molar-refractivity contribution in [2.24, 2.45) is 0 Å². The topological polar surface area (TPSA) is 37.3 Å². The van der Waals surface area contributed by atoms with Crippen LogP contribution in [0.4, 0.5) is 0 Å². The minimum absolute atomic E-state index is 0. The minimum atomic E-state index is -0.833. The molecule has 0 rings (SSSR count). The molecule has 0 bridgehead atoms. The van der Waals surface area contributed by atoms with Crippen molar-refractivity contribution in [3.8, 4) is 0 Å². The first kappa shape index (κ1) is 8.82. The summed E-state index contributed by atoms with van der Waals surface area (Å²) in [5.74, 6) is 0. The average molecular weight is 120 g/mol. The summed E-state index contributed by atoms with van der Waals surface area (Å²) in [6.07, 6.45) is 0. The first-order valence-corrected chi connectivity index (χ1v) is 1.15. The smallest absolute Gasteiger partial charge is 0.310 e. The maximum atomic E-state index is 8.46. The van der Waals surface area contributed by atoms with Crippen molar-refractivity contribution < 1.29 is 26.5 Å². The molecule has 0 aromatic heterocycles. The number of hydrogen-bond donors (Lipinski definition) is 1. The molecular weight excluding hydrogens is 119 g/mol. The molecule has 0 saturated carbocycles. The summed E-state index contributed by atoms with van der Waals surface area (Å²) in [7, 11) is -0.833. The summed E-state index contributed by atoms with van der Waals surface area (Å²) in [6, 6.07) is 0. The van der Waals surface area contributed by atoms with Crippen molar-refractivity contribution >= 4 is 8.69 Å². The van der Waals surface area contributed by atoms with Gasteiger partial charge < -0.3 is 4.89 Å². The Hall–Kier alpha value is 0.579. The van der Waals surface area contributed by atoms with Crippen molar-refractivity contribution in [1.82, 2.24) is 0 Å². The van der Waals surface area contributed by atoms with E-state index in [9.17, 15) is 0 Å². The molecule has 0 radical (unpaired) electrons. The Morgan fingerprint density at radius 3 is 1.75 bits per heavy atom. The zero-order valence-electron chi connectivity index (χ0n) is 1.66. The summed E-state index contributed by atoms with van der Waals surface area (Å²) < 4.78 is 8.46. The zero-order chi connectivity index (χ0) is 2.71. The molecule has 0 saturated heterocycles. The molecule has 0 aromatic rings. The summed E-state index contributed by atoms with van der Waals surface area (Å²) in [6.45, 7) is 0. The molecule has 0 atom stereocenters. The molecule has 0 aliphatic rings. The first-order valence-electron chi connectivity index (χ1n) is 0.383. The van der Waals surface area contributed by atoms with Gasteiger partial charge >= 0.3 is 25.8 Å². The number of rotatable bonds is 0. The molecular formula is HFeO2P+2. The standard InChI is InChI=1S/Fe.HO2P/c;1-3-2/h;(H,1,2)/q+2;. The predicted molar refractivity (Wildman–Crippen MR) is 9.83 cm³/mol. The summed E-state index contributed by atoms with van der Waals surface area (Å²) in [4.78, 5) is 6.99. The Balaban J connectivity index is 0. The molecule has 0 fully saturated rings. The average Bonchev–Trinajstić information content (AvgIpc) is 0.918. The second-order valence-corrected chi connectivity index (χ2v) is 0.245. The van der Waals surface area contributed by atoms with E-state index in [2.05, 4.69) is 0 Å². The third kappa shape index (κ3) is 19.2. The summed E-state index contributed by atoms with van der Waals surface area (Å²) >= 11 is 0. The molecule has 0 aliphatic heterocycles. The van der Waals surface area contributed by atoms with Gasteiger partial charge in [-0.05, 0) is 0 Å². The van der Waals surface area contributed by atoms with E-state index in [-0.39, 0.29) is 17.1 Å². The second-order valence-electron chi connectivity index (χ2n) is 0.0816. The maximum absolute atomic E-state index is 8.46. The Kier molecular flexibility index (Phi) is 21.0. The molecule has 0 spiro atoms. The van der Waals surface area contributed by atoms with Gasteiger partial charge in [-0.3, -0.25) is 0 Å². The summed E-state index contributed by atoms with van der Waals surface area (Å²) in [5.41, 5.74) is 0. The Bertz CT molecular complexity index is 13.5. The van der Waals surface area contributed by atoms with Crippen LogP contribution in [-0.2, 0) is 21.6 Å². The van der Waals surface area contributed by atoms with Crippen LogP contribution < -0.4 is 0 Å². The van der Waals surface area contributed by atoms with E-state index in [1.807, 2.05) is 0 Å². The molecule has 0 amide bonds. The Labute approximate surface area is 36.0 Å². The van der Waals surface area contributed by atoms with Gasteiger partial charge in [-0.1, -0.05) is 0 Å². The number of hydrogen-bond acceptors (Lipinski definition) is 1. The van der Waals surface area contributed by atoms with E-state index in [0.29, 0.717) is 0 Å².